The van der Waals surface area contributed by atoms with Gasteiger partial charge in [0, 0.05) is 12.8 Å². The number of carbonyl (C=O) groups is 1. The van der Waals surface area contributed by atoms with E-state index in [-0.39, 0.29) is 36.6 Å². The van der Waals surface area contributed by atoms with E-state index in [2.05, 4.69) is 5.32 Å². The van der Waals surface area contributed by atoms with E-state index in [9.17, 15) is 9.90 Å². The average molecular weight is 303 g/mol. The normalized spacial score (nSPS) is 11.9. The fourth-order valence-corrected chi connectivity index (χ4v) is 1.79. The molecule has 0 aliphatic heterocycles. The summed E-state index contributed by atoms with van der Waals surface area (Å²) in [5.74, 6) is 0.112. The first-order valence-corrected chi connectivity index (χ1v) is 6.25. The second-order valence-electron chi connectivity index (χ2n) is 4.93. The summed E-state index contributed by atoms with van der Waals surface area (Å²) in [6.07, 6.45) is 0. The Bertz CT molecular complexity index is 464. The van der Waals surface area contributed by atoms with Crippen LogP contribution in [0.4, 0.5) is 5.69 Å². The highest BCUT2D eigenvalue weighted by Crippen LogP contribution is 2.31. The van der Waals surface area contributed by atoms with Gasteiger partial charge in [-0.2, -0.15) is 0 Å². The number of anilines is 1. The molecule has 1 atom stereocenters. The Hall–Kier alpha value is -1.30. The molecule has 0 spiro atoms. The number of benzene rings is 1. The second-order valence-corrected chi connectivity index (χ2v) is 4.93. The number of methoxy groups -OCH3 is 1. The molecule has 0 saturated heterocycles. The standard InChI is InChI=1S/C14H22N2O3.ClH/c1-8(2)10-6-12(9(3)5-13(10)17)16-14(18)11(15)7-19-4;/h5-6,8,11,17H,7,15H2,1-4H3,(H,16,18);1H. The lowest BCUT2D eigenvalue weighted by Gasteiger charge is -2.16. The number of hydrogen-bond donors (Lipinski definition) is 3. The van der Waals surface area contributed by atoms with Crippen molar-refractivity contribution < 1.29 is 14.6 Å². The van der Waals surface area contributed by atoms with Crippen LogP contribution in [-0.4, -0.2) is 30.8 Å². The zero-order chi connectivity index (χ0) is 14.6. The lowest BCUT2D eigenvalue weighted by atomic mass is 9.99. The number of phenolic OH excluding ortho intramolecular Hbond substituents is 1. The number of hydrogen-bond acceptors (Lipinski definition) is 4. The van der Waals surface area contributed by atoms with Crippen molar-refractivity contribution in [1.29, 1.82) is 0 Å². The molecule has 1 rings (SSSR count). The molecule has 4 N–H and O–H groups in total. The third kappa shape index (κ3) is 4.67. The minimum Gasteiger partial charge on any atom is -0.508 e. The van der Waals surface area contributed by atoms with Crippen LogP contribution in [0.1, 0.15) is 30.9 Å². The van der Waals surface area contributed by atoms with Crippen LogP contribution in [0.2, 0.25) is 0 Å². The number of ether oxygens (including phenoxy) is 1. The number of amides is 1. The van der Waals surface area contributed by atoms with E-state index in [0.29, 0.717) is 5.69 Å². The summed E-state index contributed by atoms with van der Waals surface area (Å²) in [5, 5.41) is 12.6. The van der Waals surface area contributed by atoms with Crippen LogP contribution in [-0.2, 0) is 9.53 Å². The zero-order valence-corrected chi connectivity index (χ0v) is 13.1. The third-order valence-electron chi connectivity index (χ3n) is 2.94. The van der Waals surface area contributed by atoms with Gasteiger partial charge >= 0.3 is 0 Å². The highest BCUT2D eigenvalue weighted by atomic mass is 35.5. The van der Waals surface area contributed by atoms with Crippen molar-refractivity contribution in [3.63, 3.8) is 0 Å². The third-order valence-corrected chi connectivity index (χ3v) is 2.94. The smallest absolute Gasteiger partial charge is 0.243 e. The second kappa shape index (κ2) is 8.09. The molecule has 1 amide bonds. The quantitative estimate of drug-likeness (QED) is 0.728. The van der Waals surface area contributed by atoms with Crippen LogP contribution < -0.4 is 11.1 Å². The number of aryl methyl sites for hydroxylation is 1. The monoisotopic (exact) mass is 302 g/mol. The molecule has 0 aromatic heterocycles. The van der Waals surface area contributed by atoms with Gasteiger partial charge in [-0.3, -0.25) is 4.79 Å². The Balaban J connectivity index is 0.00000361. The first-order valence-electron chi connectivity index (χ1n) is 6.25. The Morgan fingerprint density at radius 1 is 1.45 bits per heavy atom. The van der Waals surface area contributed by atoms with Crippen LogP contribution in [0.3, 0.4) is 0 Å². The van der Waals surface area contributed by atoms with Crippen molar-refractivity contribution in [1.82, 2.24) is 0 Å². The Morgan fingerprint density at radius 2 is 2.05 bits per heavy atom. The summed E-state index contributed by atoms with van der Waals surface area (Å²) in [6, 6.07) is 2.72. The van der Waals surface area contributed by atoms with Gasteiger partial charge in [0.25, 0.3) is 0 Å². The molecular weight excluding hydrogens is 280 g/mol. The molecule has 0 fully saturated rings. The minimum absolute atomic E-state index is 0. The van der Waals surface area contributed by atoms with Gasteiger partial charge in [-0.1, -0.05) is 13.8 Å². The van der Waals surface area contributed by atoms with E-state index in [1.807, 2.05) is 20.8 Å². The first kappa shape index (κ1) is 18.7. The van der Waals surface area contributed by atoms with Gasteiger partial charge in [-0.15, -0.1) is 12.4 Å². The number of aromatic hydroxyl groups is 1. The van der Waals surface area contributed by atoms with Gasteiger partial charge in [0.1, 0.15) is 11.8 Å². The summed E-state index contributed by atoms with van der Waals surface area (Å²) >= 11 is 0. The average Bonchev–Trinajstić information content (AvgIpc) is 2.32. The number of nitrogens with one attached hydrogen (secondary N) is 1. The van der Waals surface area contributed by atoms with Gasteiger partial charge in [0.15, 0.2) is 0 Å². The van der Waals surface area contributed by atoms with E-state index < -0.39 is 6.04 Å². The van der Waals surface area contributed by atoms with Crippen molar-refractivity contribution in [3.05, 3.63) is 23.3 Å². The Labute approximate surface area is 125 Å². The maximum Gasteiger partial charge on any atom is 0.243 e. The van der Waals surface area contributed by atoms with Crippen molar-refractivity contribution in [3.8, 4) is 5.75 Å². The Kier molecular flexibility index (Phi) is 7.57. The summed E-state index contributed by atoms with van der Waals surface area (Å²) in [4.78, 5) is 11.8. The molecule has 5 nitrogen and oxygen atoms in total. The maximum atomic E-state index is 11.8. The van der Waals surface area contributed by atoms with Crippen LogP contribution in [0.5, 0.6) is 5.75 Å². The highest BCUT2D eigenvalue weighted by Gasteiger charge is 2.16. The molecule has 114 valence electrons. The molecule has 0 aliphatic carbocycles. The molecule has 6 heteroatoms. The highest BCUT2D eigenvalue weighted by molar-refractivity contribution is 5.95. The molecule has 1 aromatic carbocycles. The number of carbonyl (C=O) groups excluding carboxylic acids is 1. The van der Waals surface area contributed by atoms with Crippen LogP contribution in [0, 0.1) is 6.92 Å². The van der Waals surface area contributed by atoms with Gasteiger partial charge in [-0.05, 0) is 36.1 Å². The Morgan fingerprint density at radius 3 is 2.55 bits per heavy atom. The fourth-order valence-electron chi connectivity index (χ4n) is 1.79. The number of nitrogens with two attached hydrogens (primary N) is 1. The summed E-state index contributed by atoms with van der Waals surface area (Å²) in [5.41, 5.74) is 7.92. The van der Waals surface area contributed by atoms with Crippen LogP contribution in [0.25, 0.3) is 0 Å². The summed E-state index contributed by atoms with van der Waals surface area (Å²) in [7, 11) is 1.50. The maximum absolute atomic E-state index is 11.8. The van der Waals surface area contributed by atoms with Crippen molar-refractivity contribution in [2.24, 2.45) is 5.73 Å². The predicted octanol–water partition coefficient (Wildman–Crippen LogP) is 2.16. The summed E-state index contributed by atoms with van der Waals surface area (Å²) in [6.45, 7) is 5.95. The summed E-state index contributed by atoms with van der Waals surface area (Å²) < 4.78 is 4.85. The largest absolute Gasteiger partial charge is 0.508 e. The van der Waals surface area contributed by atoms with E-state index in [1.54, 1.807) is 12.1 Å². The molecular formula is C14H23ClN2O3. The molecule has 0 bridgehead atoms. The van der Waals surface area contributed by atoms with Crippen molar-refractivity contribution >= 4 is 24.0 Å². The van der Waals surface area contributed by atoms with Gasteiger partial charge in [-0.25, -0.2) is 0 Å². The SMILES string of the molecule is COCC(N)C(=O)Nc1cc(C(C)C)c(O)cc1C.Cl. The molecule has 0 radical (unpaired) electrons. The van der Waals surface area contributed by atoms with Crippen LogP contribution in [0.15, 0.2) is 12.1 Å². The number of halogens is 1. The lowest BCUT2D eigenvalue weighted by Crippen LogP contribution is -2.39. The zero-order valence-electron chi connectivity index (χ0n) is 12.3. The molecule has 1 unspecified atom stereocenters. The number of phenols is 1. The number of rotatable bonds is 5. The van der Waals surface area contributed by atoms with E-state index >= 15 is 0 Å². The topological polar surface area (TPSA) is 84.6 Å². The lowest BCUT2D eigenvalue weighted by molar-refractivity contribution is -0.118. The van der Waals surface area contributed by atoms with Crippen LogP contribution >= 0.6 is 12.4 Å². The van der Waals surface area contributed by atoms with Gasteiger partial charge < -0.3 is 20.9 Å². The molecule has 0 saturated carbocycles. The van der Waals surface area contributed by atoms with Crippen molar-refractivity contribution in [2.75, 3.05) is 19.0 Å². The molecule has 0 aliphatic rings. The van der Waals surface area contributed by atoms with Gasteiger partial charge in [0.05, 0.1) is 6.61 Å². The van der Waals surface area contributed by atoms with E-state index in [0.717, 1.165) is 11.1 Å². The van der Waals surface area contributed by atoms with E-state index in [1.165, 1.54) is 7.11 Å². The van der Waals surface area contributed by atoms with Crippen molar-refractivity contribution in [2.45, 2.75) is 32.7 Å². The first-order chi connectivity index (χ1) is 8.86. The minimum atomic E-state index is -0.708. The molecule has 1 aromatic rings. The predicted molar refractivity (Wildman–Crippen MR) is 82.7 cm³/mol. The molecule has 0 heterocycles. The van der Waals surface area contributed by atoms with Gasteiger partial charge in [0.2, 0.25) is 5.91 Å². The fraction of sp³-hybridized carbons (Fsp3) is 0.500. The van der Waals surface area contributed by atoms with E-state index in [4.69, 9.17) is 10.5 Å². The molecule has 20 heavy (non-hydrogen) atoms.